The quantitative estimate of drug-likeness (QED) is 0.694. The van der Waals surface area contributed by atoms with Crippen molar-refractivity contribution in [2.45, 2.75) is 6.10 Å². The van der Waals surface area contributed by atoms with Crippen LogP contribution in [0.2, 0.25) is 0 Å². The third-order valence-electron chi connectivity index (χ3n) is 2.42. The van der Waals surface area contributed by atoms with Crippen LogP contribution < -0.4 is 4.74 Å². The maximum Gasteiger partial charge on any atom is 0.147 e. The zero-order chi connectivity index (χ0) is 10.3. The molecule has 2 heterocycles. The Morgan fingerprint density at radius 2 is 2.47 bits per heavy atom. The third kappa shape index (κ3) is 1.55. The van der Waals surface area contributed by atoms with Gasteiger partial charge in [-0.15, -0.1) is 5.10 Å². The van der Waals surface area contributed by atoms with Crippen LogP contribution in [-0.2, 0) is 11.8 Å². The molecule has 0 spiro atoms. The molecule has 0 saturated carbocycles. The molecule has 3 rings (SSSR count). The molecule has 0 radical (unpaired) electrons. The molecule has 1 saturated heterocycles. The van der Waals surface area contributed by atoms with E-state index < -0.39 is 0 Å². The number of aromatic nitrogens is 3. The molecule has 5 heteroatoms. The summed E-state index contributed by atoms with van der Waals surface area (Å²) in [4.78, 5) is 0. The maximum absolute atomic E-state index is 5.66. The number of aryl methyl sites for hydroxylation is 1. The molecule has 0 N–H and O–H groups in total. The molecular formula is C10H11N3O2. The first kappa shape index (κ1) is 8.67. The summed E-state index contributed by atoms with van der Waals surface area (Å²) in [6, 6.07) is 5.76. The van der Waals surface area contributed by atoms with Gasteiger partial charge in [-0.1, -0.05) is 11.3 Å². The van der Waals surface area contributed by atoms with Gasteiger partial charge in [-0.25, -0.2) is 4.68 Å². The van der Waals surface area contributed by atoms with E-state index in [-0.39, 0.29) is 6.10 Å². The third-order valence-corrected chi connectivity index (χ3v) is 2.42. The minimum atomic E-state index is 0.265. The van der Waals surface area contributed by atoms with Crippen molar-refractivity contribution in [3.8, 4) is 5.75 Å². The first-order valence-corrected chi connectivity index (χ1v) is 4.87. The van der Waals surface area contributed by atoms with Gasteiger partial charge in [0.15, 0.2) is 0 Å². The number of nitrogens with zero attached hydrogens (tertiary/aromatic N) is 3. The van der Waals surface area contributed by atoms with Gasteiger partial charge < -0.3 is 9.47 Å². The second-order valence-corrected chi connectivity index (χ2v) is 3.60. The van der Waals surface area contributed by atoms with Crippen molar-refractivity contribution >= 4 is 11.0 Å². The Morgan fingerprint density at radius 1 is 1.60 bits per heavy atom. The molecule has 15 heavy (non-hydrogen) atoms. The van der Waals surface area contributed by atoms with Crippen LogP contribution in [-0.4, -0.2) is 34.3 Å². The number of hydrogen-bond donors (Lipinski definition) is 0. The molecule has 0 amide bonds. The normalized spacial score (nSPS) is 19.4. The predicted molar refractivity (Wildman–Crippen MR) is 53.7 cm³/mol. The van der Waals surface area contributed by atoms with E-state index >= 15 is 0 Å². The summed E-state index contributed by atoms with van der Waals surface area (Å²) in [5, 5.41) is 7.98. The highest BCUT2D eigenvalue weighted by Gasteiger charge is 2.23. The first-order chi connectivity index (χ1) is 7.34. The molecule has 2 aromatic rings. The lowest BCUT2D eigenvalue weighted by molar-refractivity contribution is 0.264. The summed E-state index contributed by atoms with van der Waals surface area (Å²) in [5.74, 6) is 0.815. The lowest BCUT2D eigenvalue weighted by Crippen LogP contribution is -2.05. The number of benzene rings is 1. The topological polar surface area (TPSA) is 52.5 Å². The largest absolute Gasteiger partial charge is 0.488 e. The highest BCUT2D eigenvalue weighted by Crippen LogP contribution is 2.24. The Labute approximate surface area is 86.6 Å². The average molecular weight is 205 g/mol. The predicted octanol–water partition coefficient (Wildman–Crippen LogP) is 0.746. The van der Waals surface area contributed by atoms with Gasteiger partial charge in [0, 0.05) is 7.05 Å². The van der Waals surface area contributed by atoms with Crippen molar-refractivity contribution in [2.75, 3.05) is 13.2 Å². The molecule has 0 aliphatic carbocycles. The molecule has 1 aliphatic heterocycles. The van der Waals surface area contributed by atoms with Crippen LogP contribution in [0, 0.1) is 0 Å². The van der Waals surface area contributed by atoms with Crippen LogP contribution in [0.1, 0.15) is 0 Å². The van der Waals surface area contributed by atoms with Gasteiger partial charge in [0.05, 0.1) is 6.61 Å². The van der Waals surface area contributed by atoms with Gasteiger partial charge in [-0.05, 0) is 12.1 Å². The van der Waals surface area contributed by atoms with Crippen molar-refractivity contribution in [1.82, 2.24) is 15.0 Å². The lowest BCUT2D eigenvalue weighted by atomic mass is 10.3. The fourth-order valence-corrected chi connectivity index (χ4v) is 1.54. The van der Waals surface area contributed by atoms with Gasteiger partial charge in [0.1, 0.15) is 29.5 Å². The van der Waals surface area contributed by atoms with E-state index in [1.807, 2.05) is 25.2 Å². The highest BCUT2D eigenvalue weighted by atomic mass is 16.6. The molecular weight excluding hydrogens is 194 g/mol. The Kier molecular flexibility index (Phi) is 1.85. The van der Waals surface area contributed by atoms with Crippen LogP contribution in [0.5, 0.6) is 5.75 Å². The summed E-state index contributed by atoms with van der Waals surface area (Å²) in [6.45, 7) is 1.41. The molecule has 5 nitrogen and oxygen atoms in total. The number of para-hydroxylation sites is 1. The maximum atomic E-state index is 5.66. The molecule has 1 fully saturated rings. The number of fused-ring (bicyclic) bond motifs is 1. The van der Waals surface area contributed by atoms with Crippen LogP contribution in [0.15, 0.2) is 18.2 Å². The lowest BCUT2D eigenvalue weighted by Gasteiger charge is -2.05. The fraction of sp³-hybridized carbons (Fsp3) is 0.400. The van der Waals surface area contributed by atoms with Crippen molar-refractivity contribution in [1.29, 1.82) is 0 Å². The molecule has 1 aliphatic rings. The second kappa shape index (κ2) is 3.20. The number of ether oxygens (including phenoxy) is 2. The summed E-state index contributed by atoms with van der Waals surface area (Å²) < 4.78 is 12.5. The molecule has 1 aromatic carbocycles. The number of epoxide rings is 1. The zero-order valence-corrected chi connectivity index (χ0v) is 8.38. The number of rotatable bonds is 3. The van der Waals surface area contributed by atoms with Gasteiger partial charge in [-0.2, -0.15) is 0 Å². The minimum Gasteiger partial charge on any atom is -0.488 e. The van der Waals surface area contributed by atoms with Crippen LogP contribution >= 0.6 is 0 Å². The van der Waals surface area contributed by atoms with Gasteiger partial charge >= 0.3 is 0 Å². The Bertz CT molecular complexity index is 490. The smallest absolute Gasteiger partial charge is 0.147 e. The SMILES string of the molecule is Cn1nnc2cccc(OCC3CO3)c21. The first-order valence-electron chi connectivity index (χ1n) is 4.87. The van der Waals surface area contributed by atoms with Gasteiger partial charge in [-0.3, -0.25) is 0 Å². The summed E-state index contributed by atoms with van der Waals surface area (Å²) in [7, 11) is 1.86. The van der Waals surface area contributed by atoms with E-state index in [1.165, 1.54) is 0 Å². The van der Waals surface area contributed by atoms with E-state index in [9.17, 15) is 0 Å². The molecule has 1 atom stereocenters. The van der Waals surface area contributed by atoms with Crippen molar-refractivity contribution in [2.24, 2.45) is 7.05 Å². The molecule has 1 unspecified atom stereocenters. The Hall–Kier alpha value is -1.62. The summed E-state index contributed by atoms with van der Waals surface area (Å²) in [6.07, 6.45) is 0.265. The summed E-state index contributed by atoms with van der Waals surface area (Å²) >= 11 is 0. The van der Waals surface area contributed by atoms with Crippen LogP contribution in [0.25, 0.3) is 11.0 Å². The van der Waals surface area contributed by atoms with Crippen molar-refractivity contribution < 1.29 is 9.47 Å². The standard InChI is InChI=1S/C10H11N3O2/c1-13-10-8(11-12-13)3-2-4-9(10)15-6-7-5-14-7/h2-4,7H,5-6H2,1H3. The van der Waals surface area contributed by atoms with Crippen molar-refractivity contribution in [3.05, 3.63) is 18.2 Å². The highest BCUT2D eigenvalue weighted by molar-refractivity contribution is 5.80. The van der Waals surface area contributed by atoms with E-state index in [0.29, 0.717) is 6.61 Å². The Morgan fingerprint density at radius 3 is 3.27 bits per heavy atom. The van der Waals surface area contributed by atoms with E-state index in [2.05, 4.69) is 10.3 Å². The van der Waals surface area contributed by atoms with E-state index in [1.54, 1.807) is 4.68 Å². The van der Waals surface area contributed by atoms with Gasteiger partial charge in [0.25, 0.3) is 0 Å². The molecule has 0 bridgehead atoms. The average Bonchev–Trinajstić information content (AvgIpc) is 3.00. The fourth-order valence-electron chi connectivity index (χ4n) is 1.54. The van der Waals surface area contributed by atoms with Crippen molar-refractivity contribution in [3.63, 3.8) is 0 Å². The minimum absolute atomic E-state index is 0.265. The zero-order valence-electron chi connectivity index (χ0n) is 8.38. The Balaban J connectivity index is 1.96. The van der Waals surface area contributed by atoms with Crippen LogP contribution in [0.4, 0.5) is 0 Å². The number of hydrogen-bond acceptors (Lipinski definition) is 4. The molecule has 78 valence electrons. The van der Waals surface area contributed by atoms with Gasteiger partial charge in [0.2, 0.25) is 0 Å². The molecule has 1 aromatic heterocycles. The van der Waals surface area contributed by atoms with Crippen LogP contribution in [0.3, 0.4) is 0 Å². The van der Waals surface area contributed by atoms with E-state index in [4.69, 9.17) is 9.47 Å². The second-order valence-electron chi connectivity index (χ2n) is 3.60. The summed E-state index contributed by atoms with van der Waals surface area (Å²) in [5.41, 5.74) is 1.78. The van der Waals surface area contributed by atoms with E-state index in [0.717, 1.165) is 23.4 Å². The monoisotopic (exact) mass is 205 g/mol.